The van der Waals surface area contributed by atoms with Crippen molar-refractivity contribution in [2.45, 2.75) is 38.1 Å². The molecule has 0 saturated carbocycles. The number of aromatic amines is 1. The summed E-state index contributed by atoms with van der Waals surface area (Å²) in [6.45, 7) is 0.516. The quantitative estimate of drug-likeness (QED) is 0.102. The number of pyridine rings is 1. The van der Waals surface area contributed by atoms with Gasteiger partial charge in [0.15, 0.2) is 0 Å². The molecule has 6 rings (SSSR count). The molecule has 0 spiro atoms. The summed E-state index contributed by atoms with van der Waals surface area (Å²) in [7, 11) is 0. The number of carbonyl (C=O) groups is 3. The minimum atomic E-state index is -1.08. The van der Waals surface area contributed by atoms with Crippen molar-refractivity contribution >= 4 is 17.9 Å². The highest BCUT2D eigenvalue weighted by Gasteiger charge is 2.29. The third kappa shape index (κ3) is 11.1. The zero-order valence-corrected chi connectivity index (χ0v) is 29.7. The topological polar surface area (TPSA) is 139 Å². The molecule has 1 unspecified atom stereocenters. The number of ether oxygens (including phenoxy) is 2. The van der Waals surface area contributed by atoms with Gasteiger partial charge in [0.05, 0.1) is 18.6 Å². The van der Waals surface area contributed by atoms with E-state index in [1.165, 1.54) is 11.2 Å². The summed E-state index contributed by atoms with van der Waals surface area (Å²) < 4.78 is 11.4. The molecule has 4 aromatic carbocycles. The van der Waals surface area contributed by atoms with Crippen molar-refractivity contribution in [1.29, 1.82) is 0 Å². The second-order valence-electron chi connectivity index (χ2n) is 12.7. The molecule has 2 heterocycles. The zero-order valence-electron chi connectivity index (χ0n) is 29.7. The van der Waals surface area contributed by atoms with Gasteiger partial charge in [0.1, 0.15) is 25.0 Å². The normalized spacial score (nSPS) is 11.9. The Kier molecular flexibility index (Phi) is 13.2. The van der Waals surface area contributed by atoms with Gasteiger partial charge >= 0.3 is 6.09 Å². The van der Waals surface area contributed by atoms with Crippen LogP contribution in [0, 0.1) is 0 Å². The highest BCUT2D eigenvalue weighted by molar-refractivity contribution is 5.89. The Bertz CT molecular complexity index is 1990. The van der Waals surface area contributed by atoms with Gasteiger partial charge in [-0.15, -0.1) is 0 Å². The first-order valence-corrected chi connectivity index (χ1v) is 17.7. The van der Waals surface area contributed by atoms with Crippen LogP contribution in [0.25, 0.3) is 0 Å². The Balaban J connectivity index is 1.19. The predicted octanol–water partition coefficient (Wildman–Crippen LogP) is 6.20. The molecule has 11 nitrogen and oxygen atoms in total. The molecule has 0 aliphatic carbocycles. The molecular formula is C43H42N6O5. The van der Waals surface area contributed by atoms with Crippen LogP contribution in [0.3, 0.4) is 0 Å². The maximum absolute atomic E-state index is 14.4. The van der Waals surface area contributed by atoms with E-state index in [9.17, 15) is 14.4 Å². The molecule has 54 heavy (non-hydrogen) atoms. The number of nitrogens with one attached hydrogen (secondary N) is 3. The molecular weight excluding hydrogens is 681 g/mol. The summed E-state index contributed by atoms with van der Waals surface area (Å²) in [5.74, 6) is -0.386. The lowest BCUT2D eigenvalue weighted by atomic mass is 9.95. The van der Waals surface area contributed by atoms with Crippen molar-refractivity contribution < 1.29 is 23.9 Å². The maximum Gasteiger partial charge on any atom is 0.408 e. The fraction of sp³-hybridized carbons (Fsp3) is 0.186. The van der Waals surface area contributed by atoms with E-state index in [2.05, 4.69) is 25.6 Å². The number of amides is 3. The van der Waals surface area contributed by atoms with Gasteiger partial charge in [0.25, 0.3) is 0 Å². The Morgan fingerprint density at radius 3 is 2.04 bits per heavy atom. The Hall–Kier alpha value is -6.75. The van der Waals surface area contributed by atoms with Crippen LogP contribution in [0.15, 0.2) is 152 Å². The molecule has 0 aliphatic rings. The molecule has 0 radical (unpaired) electrons. The van der Waals surface area contributed by atoms with E-state index in [-0.39, 0.29) is 44.5 Å². The molecule has 0 aliphatic heterocycles. The SMILES string of the molecule is O=C(CN(Cc1ccc(OCc2ccccc2)cc1)C(=O)[C@H](Cc1c[nH]cn1)NC(=O)OCc1ccccc1)NCC(c1ccccc1)c1ccccn1. The lowest BCUT2D eigenvalue weighted by Gasteiger charge is -2.28. The van der Waals surface area contributed by atoms with Crippen LogP contribution >= 0.6 is 0 Å². The third-order valence-electron chi connectivity index (χ3n) is 8.71. The number of nitrogens with zero attached hydrogens (tertiary/aromatic N) is 3. The average Bonchev–Trinajstić information content (AvgIpc) is 3.74. The Morgan fingerprint density at radius 1 is 0.722 bits per heavy atom. The van der Waals surface area contributed by atoms with Crippen molar-refractivity contribution in [3.05, 3.63) is 186 Å². The molecule has 2 atom stereocenters. The maximum atomic E-state index is 14.4. The second-order valence-corrected chi connectivity index (χ2v) is 12.7. The first kappa shape index (κ1) is 37.0. The first-order valence-electron chi connectivity index (χ1n) is 17.7. The number of aromatic nitrogens is 3. The summed E-state index contributed by atoms with van der Waals surface area (Å²) >= 11 is 0. The van der Waals surface area contributed by atoms with Crippen LogP contribution in [-0.4, -0.2) is 56.9 Å². The predicted molar refractivity (Wildman–Crippen MR) is 204 cm³/mol. The molecule has 11 heteroatoms. The van der Waals surface area contributed by atoms with E-state index < -0.39 is 18.0 Å². The van der Waals surface area contributed by atoms with E-state index in [0.717, 1.165) is 27.9 Å². The van der Waals surface area contributed by atoms with Crippen LogP contribution < -0.4 is 15.4 Å². The van der Waals surface area contributed by atoms with Gasteiger partial charge in [-0.1, -0.05) is 109 Å². The van der Waals surface area contributed by atoms with Gasteiger partial charge in [0.2, 0.25) is 11.8 Å². The number of imidazole rings is 1. The standard InChI is InChI=1S/C43H42N6O5/c50-41(46-26-38(35-16-8-3-9-17-35)39-18-10-11-23-45-39)28-49(27-32-19-21-37(22-20-32)53-29-33-12-4-1-5-13-33)42(51)40(24-36-25-44-31-47-36)48-43(52)54-30-34-14-6-2-7-15-34/h1-23,25,31,38,40H,24,26-30H2,(H,44,47)(H,46,50)(H,48,52)/t38?,40-/m0/s1. The van der Waals surface area contributed by atoms with Crippen molar-refractivity contribution in [1.82, 2.24) is 30.5 Å². The molecule has 0 bridgehead atoms. The van der Waals surface area contributed by atoms with Crippen molar-refractivity contribution in [2.75, 3.05) is 13.1 Å². The molecule has 6 aromatic rings. The summed E-state index contributed by atoms with van der Waals surface area (Å²) in [4.78, 5) is 54.4. The van der Waals surface area contributed by atoms with Gasteiger partial charge in [-0.05, 0) is 46.5 Å². The van der Waals surface area contributed by atoms with Crippen LogP contribution in [0.2, 0.25) is 0 Å². The van der Waals surface area contributed by atoms with E-state index in [4.69, 9.17) is 9.47 Å². The minimum Gasteiger partial charge on any atom is -0.489 e. The van der Waals surface area contributed by atoms with Crippen LogP contribution in [0.1, 0.15) is 39.6 Å². The van der Waals surface area contributed by atoms with E-state index in [1.807, 2.05) is 133 Å². The van der Waals surface area contributed by atoms with Gasteiger partial charge in [-0.3, -0.25) is 14.6 Å². The highest BCUT2D eigenvalue weighted by atomic mass is 16.5. The zero-order chi connectivity index (χ0) is 37.4. The number of carbonyl (C=O) groups excluding carboxylic acids is 3. The molecule has 2 aromatic heterocycles. The van der Waals surface area contributed by atoms with Crippen LogP contribution in [0.4, 0.5) is 4.79 Å². The lowest BCUT2D eigenvalue weighted by molar-refractivity contribution is -0.138. The van der Waals surface area contributed by atoms with E-state index >= 15 is 0 Å². The molecule has 3 amide bonds. The number of benzene rings is 4. The van der Waals surface area contributed by atoms with Gasteiger partial charge in [0, 0.05) is 43.5 Å². The largest absolute Gasteiger partial charge is 0.489 e. The van der Waals surface area contributed by atoms with Gasteiger partial charge < -0.3 is 30.0 Å². The summed E-state index contributed by atoms with van der Waals surface area (Å²) in [5.41, 5.74) is 4.97. The van der Waals surface area contributed by atoms with Crippen molar-refractivity contribution in [3.8, 4) is 5.75 Å². The monoisotopic (exact) mass is 722 g/mol. The Morgan fingerprint density at radius 2 is 1.39 bits per heavy atom. The number of rotatable bonds is 17. The smallest absolute Gasteiger partial charge is 0.408 e. The number of alkyl carbamates (subject to hydrolysis) is 1. The molecule has 274 valence electrons. The van der Waals surface area contributed by atoms with Crippen molar-refractivity contribution in [3.63, 3.8) is 0 Å². The second kappa shape index (κ2) is 19.2. The fourth-order valence-corrected chi connectivity index (χ4v) is 5.91. The molecule has 0 saturated heterocycles. The lowest BCUT2D eigenvalue weighted by Crippen LogP contribution is -2.52. The van der Waals surface area contributed by atoms with Gasteiger partial charge in [-0.25, -0.2) is 9.78 Å². The summed E-state index contributed by atoms with van der Waals surface area (Å²) in [5, 5.41) is 5.77. The average molecular weight is 723 g/mol. The first-order chi connectivity index (χ1) is 26.5. The Labute approximate surface area is 314 Å². The summed E-state index contributed by atoms with van der Waals surface area (Å²) in [6.07, 6.45) is 4.19. The summed E-state index contributed by atoms with van der Waals surface area (Å²) in [6, 6.07) is 40.9. The van der Waals surface area contributed by atoms with E-state index in [1.54, 1.807) is 12.4 Å². The number of hydrogen-bond donors (Lipinski definition) is 3. The van der Waals surface area contributed by atoms with Crippen molar-refractivity contribution in [2.24, 2.45) is 0 Å². The highest BCUT2D eigenvalue weighted by Crippen LogP contribution is 2.22. The molecule has 0 fully saturated rings. The van der Waals surface area contributed by atoms with Gasteiger partial charge in [-0.2, -0.15) is 0 Å². The van der Waals surface area contributed by atoms with Crippen LogP contribution in [-0.2, 0) is 40.5 Å². The number of H-pyrrole nitrogens is 1. The minimum absolute atomic E-state index is 0.0274. The molecule has 3 N–H and O–H groups in total. The number of hydrogen-bond acceptors (Lipinski definition) is 7. The fourth-order valence-electron chi connectivity index (χ4n) is 5.91. The third-order valence-corrected chi connectivity index (χ3v) is 8.71. The van der Waals surface area contributed by atoms with E-state index in [0.29, 0.717) is 18.1 Å². The van der Waals surface area contributed by atoms with Crippen LogP contribution in [0.5, 0.6) is 5.75 Å².